The second-order valence-electron chi connectivity index (χ2n) is 7.80. The Labute approximate surface area is 197 Å². The standard InChI is InChI=1S/C24H26N4O4S/c1-2-3-16-32-21-7-5-4-6-18(21)17-22-23(29)25-24(33-22)27-14-12-26(13-15-27)19-8-10-20(11-9-19)28(30)31/h4-11,17H,2-3,12-16H2,1H3. The molecule has 1 fully saturated rings. The van der Waals surface area contributed by atoms with Crippen LogP contribution in [0.3, 0.4) is 0 Å². The van der Waals surface area contributed by atoms with E-state index in [1.54, 1.807) is 12.1 Å². The Kier molecular flexibility index (Phi) is 7.29. The molecule has 0 atom stereocenters. The van der Waals surface area contributed by atoms with E-state index in [2.05, 4.69) is 21.7 Å². The van der Waals surface area contributed by atoms with Gasteiger partial charge in [-0.2, -0.15) is 4.99 Å². The normalized spacial score (nSPS) is 17.4. The van der Waals surface area contributed by atoms with Gasteiger partial charge in [0.25, 0.3) is 11.6 Å². The number of nitro benzene ring substituents is 1. The van der Waals surface area contributed by atoms with Crippen molar-refractivity contribution in [1.29, 1.82) is 0 Å². The number of unbranched alkanes of at least 4 members (excludes halogenated alkanes) is 1. The van der Waals surface area contributed by atoms with E-state index in [4.69, 9.17) is 4.74 Å². The van der Waals surface area contributed by atoms with Crippen molar-refractivity contribution in [2.75, 3.05) is 37.7 Å². The zero-order valence-electron chi connectivity index (χ0n) is 18.5. The third-order valence-corrected chi connectivity index (χ3v) is 6.59. The average Bonchev–Trinajstić information content (AvgIpc) is 3.20. The number of aliphatic imine (C=N–C) groups is 1. The molecule has 2 aromatic carbocycles. The Hall–Kier alpha value is -3.33. The number of benzene rings is 2. The summed E-state index contributed by atoms with van der Waals surface area (Å²) in [7, 11) is 0. The Morgan fingerprint density at radius 3 is 2.48 bits per heavy atom. The Morgan fingerprint density at radius 1 is 1.09 bits per heavy atom. The lowest BCUT2D eigenvalue weighted by Gasteiger charge is -2.36. The molecule has 4 rings (SSSR count). The van der Waals surface area contributed by atoms with Crippen LogP contribution < -0.4 is 9.64 Å². The van der Waals surface area contributed by atoms with Crippen LogP contribution in [-0.2, 0) is 4.79 Å². The molecule has 2 aliphatic rings. The van der Waals surface area contributed by atoms with E-state index >= 15 is 0 Å². The lowest BCUT2D eigenvalue weighted by atomic mass is 10.2. The molecule has 1 amide bonds. The second kappa shape index (κ2) is 10.5. The number of anilines is 1. The predicted octanol–water partition coefficient (Wildman–Crippen LogP) is 4.57. The largest absolute Gasteiger partial charge is 0.493 e. The number of nitrogens with zero attached hydrogens (tertiary/aromatic N) is 4. The SMILES string of the molecule is CCCCOc1ccccc1C=C1SC(N2CCN(c3ccc([N+](=O)[O-])cc3)CC2)=NC1=O. The topological polar surface area (TPSA) is 88.3 Å². The first-order valence-electron chi connectivity index (χ1n) is 11.0. The molecule has 0 saturated carbocycles. The fourth-order valence-corrected chi connectivity index (χ4v) is 4.63. The van der Waals surface area contributed by atoms with E-state index in [1.807, 2.05) is 30.3 Å². The van der Waals surface area contributed by atoms with Gasteiger partial charge in [0.05, 0.1) is 16.4 Å². The quantitative estimate of drug-likeness (QED) is 0.256. The lowest BCUT2D eigenvalue weighted by molar-refractivity contribution is -0.384. The molecule has 8 nitrogen and oxygen atoms in total. The van der Waals surface area contributed by atoms with Crippen LogP contribution >= 0.6 is 11.8 Å². The molecular weight excluding hydrogens is 440 g/mol. The number of amides is 1. The molecule has 1 saturated heterocycles. The summed E-state index contributed by atoms with van der Waals surface area (Å²) in [6.07, 6.45) is 3.90. The molecule has 0 bridgehead atoms. The third kappa shape index (κ3) is 5.54. The summed E-state index contributed by atoms with van der Waals surface area (Å²) in [6, 6.07) is 14.3. The van der Waals surface area contributed by atoms with Gasteiger partial charge < -0.3 is 14.5 Å². The van der Waals surface area contributed by atoms with Crippen LogP contribution in [-0.4, -0.2) is 53.7 Å². The van der Waals surface area contributed by atoms with E-state index in [1.165, 1.54) is 23.9 Å². The number of hydrogen-bond acceptors (Lipinski definition) is 7. The van der Waals surface area contributed by atoms with Crippen LogP contribution in [0.4, 0.5) is 11.4 Å². The number of amidine groups is 1. The maximum atomic E-state index is 12.6. The fraction of sp³-hybridized carbons (Fsp3) is 0.333. The Morgan fingerprint density at radius 2 is 1.79 bits per heavy atom. The summed E-state index contributed by atoms with van der Waals surface area (Å²) in [6.45, 7) is 5.71. The monoisotopic (exact) mass is 466 g/mol. The van der Waals surface area contributed by atoms with E-state index < -0.39 is 4.92 Å². The van der Waals surface area contributed by atoms with Gasteiger partial charge in [-0.25, -0.2) is 0 Å². The van der Waals surface area contributed by atoms with Crippen LogP contribution in [0.1, 0.15) is 25.3 Å². The smallest absolute Gasteiger partial charge is 0.286 e. The number of rotatable bonds is 7. The van der Waals surface area contributed by atoms with Crippen molar-refractivity contribution >= 4 is 40.3 Å². The molecule has 0 N–H and O–H groups in total. The molecule has 0 radical (unpaired) electrons. The summed E-state index contributed by atoms with van der Waals surface area (Å²) in [5.74, 6) is 0.549. The molecule has 2 aromatic rings. The summed E-state index contributed by atoms with van der Waals surface area (Å²) in [4.78, 5) is 32.2. The van der Waals surface area contributed by atoms with Crippen LogP contribution in [0.5, 0.6) is 5.75 Å². The minimum absolute atomic E-state index is 0.0873. The zero-order valence-corrected chi connectivity index (χ0v) is 19.3. The number of thioether (sulfide) groups is 1. The van der Waals surface area contributed by atoms with Gasteiger partial charge in [-0.15, -0.1) is 0 Å². The summed E-state index contributed by atoms with van der Waals surface area (Å²) in [5, 5.41) is 11.6. The fourth-order valence-electron chi connectivity index (χ4n) is 3.67. The lowest BCUT2D eigenvalue weighted by Crippen LogP contribution is -2.47. The van der Waals surface area contributed by atoms with Gasteiger partial charge in [0, 0.05) is 49.6 Å². The molecular formula is C24H26N4O4S. The number of carbonyl (C=O) groups excluding carboxylic acids is 1. The van der Waals surface area contributed by atoms with Crippen LogP contribution in [0.15, 0.2) is 58.4 Å². The predicted molar refractivity (Wildman–Crippen MR) is 132 cm³/mol. The number of carbonyl (C=O) groups is 1. The highest BCUT2D eigenvalue weighted by molar-refractivity contribution is 8.18. The Bertz CT molecular complexity index is 1080. The average molecular weight is 467 g/mol. The summed E-state index contributed by atoms with van der Waals surface area (Å²) in [5.41, 5.74) is 1.92. The molecule has 2 heterocycles. The van der Waals surface area contributed by atoms with Gasteiger partial charge in [0.15, 0.2) is 5.17 Å². The van der Waals surface area contributed by atoms with Crippen molar-refractivity contribution in [3.05, 3.63) is 69.1 Å². The van der Waals surface area contributed by atoms with Gasteiger partial charge in [0.1, 0.15) is 5.75 Å². The van der Waals surface area contributed by atoms with E-state index in [-0.39, 0.29) is 11.6 Å². The maximum Gasteiger partial charge on any atom is 0.286 e. The molecule has 0 spiro atoms. The van der Waals surface area contributed by atoms with E-state index in [0.29, 0.717) is 11.5 Å². The highest BCUT2D eigenvalue weighted by Gasteiger charge is 2.29. The summed E-state index contributed by atoms with van der Waals surface area (Å²) >= 11 is 1.40. The Balaban J connectivity index is 1.37. The van der Waals surface area contributed by atoms with Crippen molar-refractivity contribution in [1.82, 2.24) is 4.90 Å². The highest BCUT2D eigenvalue weighted by Crippen LogP contribution is 2.33. The first-order valence-corrected chi connectivity index (χ1v) is 11.9. The van der Waals surface area contributed by atoms with Crippen LogP contribution in [0.25, 0.3) is 6.08 Å². The molecule has 172 valence electrons. The van der Waals surface area contributed by atoms with Gasteiger partial charge >= 0.3 is 0 Å². The molecule has 33 heavy (non-hydrogen) atoms. The molecule has 0 aliphatic carbocycles. The molecule has 2 aliphatic heterocycles. The van der Waals surface area contributed by atoms with Crippen LogP contribution in [0, 0.1) is 10.1 Å². The first-order chi connectivity index (χ1) is 16.0. The molecule has 9 heteroatoms. The van der Waals surface area contributed by atoms with Gasteiger partial charge in [-0.3, -0.25) is 14.9 Å². The number of piperazine rings is 1. The molecule has 0 aromatic heterocycles. The molecule has 0 unspecified atom stereocenters. The minimum atomic E-state index is -0.394. The van der Waals surface area contributed by atoms with Gasteiger partial charge in [-0.1, -0.05) is 31.5 Å². The van der Waals surface area contributed by atoms with E-state index in [0.717, 1.165) is 61.2 Å². The number of hydrogen-bond donors (Lipinski definition) is 0. The van der Waals surface area contributed by atoms with Gasteiger partial charge in [-0.05, 0) is 42.5 Å². The number of ether oxygens (including phenoxy) is 1. The minimum Gasteiger partial charge on any atom is -0.493 e. The van der Waals surface area contributed by atoms with Gasteiger partial charge in [0.2, 0.25) is 0 Å². The third-order valence-electron chi connectivity index (χ3n) is 5.55. The number of para-hydroxylation sites is 1. The van der Waals surface area contributed by atoms with Crippen molar-refractivity contribution < 1.29 is 14.5 Å². The van der Waals surface area contributed by atoms with E-state index in [9.17, 15) is 14.9 Å². The maximum absolute atomic E-state index is 12.6. The summed E-state index contributed by atoms with van der Waals surface area (Å²) < 4.78 is 5.88. The van der Waals surface area contributed by atoms with Crippen molar-refractivity contribution in [3.63, 3.8) is 0 Å². The second-order valence-corrected chi connectivity index (χ2v) is 8.81. The first kappa shape index (κ1) is 22.8. The van der Waals surface area contributed by atoms with Crippen molar-refractivity contribution in [2.45, 2.75) is 19.8 Å². The highest BCUT2D eigenvalue weighted by atomic mass is 32.2. The zero-order chi connectivity index (χ0) is 23.2. The number of non-ortho nitro benzene ring substituents is 1. The van der Waals surface area contributed by atoms with Crippen molar-refractivity contribution in [3.8, 4) is 5.75 Å². The van der Waals surface area contributed by atoms with Crippen LogP contribution in [0.2, 0.25) is 0 Å². The van der Waals surface area contributed by atoms with Crippen molar-refractivity contribution in [2.24, 2.45) is 4.99 Å². The number of nitro groups is 1.